The Morgan fingerprint density at radius 2 is 2.00 bits per heavy atom. The Kier molecular flexibility index (Phi) is 5.87. The van der Waals surface area contributed by atoms with Gasteiger partial charge in [-0.05, 0) is 47.0 Å². The first-order chi connectivity index (χ1) is 9.65. The number of sulfonamides is 1. The zero-order valence-electron chi connectivity index (χ0n) is 11.2. The maximum absolute atomic E-state index is 12.2. The normalized spacial score (nSPS) is 11.3. The van der Waals surface area contributed by atoms with Crippen LogP contribution in [0.25, 0.3) is 0 Å². The smallest absolute Gasteiger partial charge is 0.335 e. The topological polar surface area (TPSA) is 127 Å². The number of carboxylic acid groups (broad SMARTS) is 1. The van der Waals surface area contributed by atoms with Gasteiger partial charge < -0.3 is 10.8 Å². The van der Waals surface area contributed by atoms with Gasteiger partial charge in [0, 0.05) is 17.4 Å². The van der Waals surface area contributed by atoms with E-state index in [4.69, 9.17) is 10.8 Å². The molecule has 0 aliphatic heterocycles. The summed E-state index contributed by atoms with van der Waals surface area (Å²) in [6.07, 6.45) is 0.335. The molecular formula is C12H15BrN2O5S. The maximum atomic E-state index is 12.2. The first kappa shape index (κ1) is 17.6. The number of rotatable bonds is 7. The van der Waals surface area contributed by atoms with E-state index in [-0.39, 0.29) is 29.8 Å². The molecule has 0 atom stereocenters. The molecule has 0 fully saturated rings. The highest BCUT2D eigenvalue weighted by molar-refractivity contribution is 9.10. The third kappa shape index (κ3) is 4.80. The maximum Gasteiger partial charge on any atom is 0.335 e. The van der Waals surface area contributed by atoms with Crippen molar-refractivity contribution in [1.82, 2.24) is 4.72 Å². The fourth-order valence-corrected chi connectivity index (χ4v) is 3.72. The van der Waals surface area contributed by atoms with Gasteiger partial charge in [0.2, 0.25) is 15.9 Å². The number of nitrogens with one attached hydrogen (secondary N) is 1. The van der Waals surface area contributed by atoms with Crippen molar-refractivity contribution in [2.24, 2.45) is 5.73 Å². The average molecular weight is 379 g/mol. The lowest BCUT2D eigenvalue weighted by molar-refractivity contribution is -0.118. The van der Waals surface area contributed by atoms with Crippen LogP contribution in [0, 0.1) is 6.92 Å². The Bertz CT molecular complexity index is 672. The number of aromatic carboxylic acids is 1. The summed E-state index contributed by atoms with van der Waals surface area (Å²) < 4.78 is 27.0. The Balaban J connectivity index is 3.02. The number of amides is 1. The first-order valence-corrected chi connectivity index (χ1v) is 8.24. The Hall–Kier alpha value is -1.45. The number of hydrogen-bond donors (Lipinski definition) is 3. The molecule has 9 heteroatoms. The molecule has 0 spiro atoms. The summed E-state index contributed by atoms with van der Waals surface area (Å²) in [7, 11) is -3.88. The molecule has 0 saturated carbocycles. The number of benzene rings is 1. The van der Waals surface area contributed by atoms with Gasteiger partial charge in [0.05, 0.1) is 10.5 Å². The second-order valence-corrected chi connectivity index (χ2v) is 6.91. The summed E-state index contributed by atoms with van der Waals surface area (Å²) in [4.78, 5) is 21.4. The van der Waals surface area contributed by atoms with Crippen molar-refractivity contribution in [3.8, 4) is 0 Å². The van der Waals surface area contributed by atoms with Gasteiger partial charge in [-0.15, -0.1) is 0 Å². The van der Waals surface area contributed by atoms with Crippen molar-refractivity contribution < 1.29 is 23.1 Å². The van der Waals surface area contributed by atoms with E-state index in [1.54, 1.807) is 6.92 Å². The lowest BCUT2D eigenvalue weighted by Crippen LogP contribution is -2.26. The second kappa shape index (κ2) is 7.01. The van der Waals surface area contributed by atoms with Crippen molar-refractivity contribution in [3.63, 3.8) is 0 Å². The standard InChI is InChI=1S/C12H15BrN2O5S/c1-7-5-8(12(17)18)6-9(11(7)13)21(19,20)15-4-2-3-10(14)16/h5-6,15H,2-4H2,1H3,(H2,14,16)(H,17,18). The Morgan fingerprint density at radius 1 is 1.38 bits per heavy atom. The molecular weight excluding hydrogens is 364 g/mol. The van der Waals surface area contributed by atoms with Crippen LogP contribution in [0.4, 0.5) is 0 Å². The van der Waals surface area contributed by atoms with Crippen molar-refractivity contribution >= 4 is 37.8 Å². The van der Waals surface area contributed by atoms with Crippen LogP contribution in [-0.4, -0.2) is 31.9 Å². The molecule has 0 radical (unpaired) electrons. The van der Waals surface area contributed by atoms with Crippen molar-refractivity contribution in [3.05, 3.63) is 27.7 Å². The van der Waals surface area contributed by atoms with Crippen molar-refractivity contribution in [2.45, 2.75) is 24.7 Å². The zero-order chi connectivity index (χ0) is 16.2. The van der Waals surface area contributed by atoms with E-state index in [1.165, 1.54) is 6.07 Å². The van der Waals surface area contributed by atoms with E-state index in [0.29, 0.717) is 10.0 Å². The zero-order valence-corrected chi connectivity index (χ0v) is 13.6. The van der Waals surface area contributed by atoms with Crippen LogP contribution in [0.2, 0.25) is 0 Å². The summed E-state index contributed by atoms with van der Waals surface area (Å²) in [5.41, 5.74) is 5.34. The molecule has 116 valence electrons. The minimum absolute atomic E-state index is 0.0358. The van der Waals surface area contributed by atoms with Gasteiger partial charge in [0.25, 0.3) is 0 Å². The van der Waals surface area contributed by atoms with Gasteiger partial charge in [-0.25, -0.2) is 17.9 Å². The van der Waals surface area contributed by atoms with E-state index in [2.05, 4.69) is 20.7 Å². The van der Waals surface area contributed by atoms with Crippen molar-refractivity contribution in [2.75, 3.05) is 6.54 Å². The van der Waals surface area contributed by atoms with Crippen LogP contribution >= 0.6 is 15.9 Å². The number of halogens is 1. The monoisotopic (exact) mass is 378 g/mol. The number of nitrogens with two attached hydrogens (primary N) is 1. The highest BCUT2D eigenvalue weighted by Crippen LogP contribution is 2.27. The predicted octanol–water partition coefficient (Wildman–Crippen LogP) is 1.000. The Morgan fingerprint density at radius 3 is 2.52 bits per heavy atom. The SMILES string of the molecule is Cc1cc(C(=O)O)cc(S(=O)(=O)NCCCC(N)=O)c1Br. The third-order valence-electron chi connectivity index (χ3n) is 2.65. The molecule has 0 saturated heterocycles. The van der Waals surface area contributed by atoms with Gasteiger partial charge in [-0.3, -0.25) is 4.79 Å². The lowest BCUT2D eigenvalue weighted by Gasteiger charge is -2.11. The van der Waals surface area contributed by atoms with E-state index >= 15 is 0 Å². The van der Waals surface area contributed by atoms with Gasteiger partial charge in [0.15, 0.2) is 0 Å². The van der Waals surface area contributed by atoms with Crippen LogP contribution in [0.1, 0.15) is 28.8 Å². The summed E-state index contributed by atoms with van der Waals surface area (Å²) in [6.45, 7) is 1.64. The molecule has 1 rings (SSSR count). The molecule has 0 aromatic heterocycles. The van der Waals surface area contributed by atoms with E-state index < -0.39 is 21.9 Å². The molecule has 7 nitrogen and oxygen atoms in total. The molecule has 0 aliphatic rings. The van der Waals surface area contributed by atoms with E-state index in [9.17, 15) is 18.0 Å². The number of hydrogen-bond acceptors (Lipinski definition) is 4. The minimum atomic E-state index is -3.88. The molecule has 1 aromatic carbocycles. The van der Waals surface area contributed by atoms with Crippen LogP contribution in [-0.2, 0) is 14.8 Å². The number of primary amides is 1. The molecule has 1 amide bonds. The lowest BCUT2D eigenvalue weighted by atomic mass is 10.1. The van der Waals surface area contributed by atoms with Crippen LogP contribution in [0.15, 0.2) is 21.5 Å². The number of carbonyl (C=O) groups is 2. The van der Waals surface area contributed by atoms with Crippen LogP contribution < -0.4 is 10.5 Å². The van der Waals surface area contributed by atoms with Gasteiger partial charge >= 0.3 is 5.97 Å². The number of carboxylic acids is 1. The summed E-state index contributed by atoms with van der Waals surface area (Å²) >= 11 is 3.15. The summed E-state index contributed by atoms with van der Waals surface area (Å²) in [5, 5.41) is 8.98. The molecule has 0 unspecified atom stereocenters. The quantitative estimate of drug-likeness (QED) is 0.609. The van der Waals surface area contributed by atoms with Gasteiger partial charge in [-0.2, -0.15) is 0 Å². The minimum Gasteiger partial charge on any atom is -0.478 e. The van der Waals surface area contributed by atoms with E-state index in [1.807, 2.05) is 0 Å². The van der Waals surface area contributed by atoms with E-state index in [0.717, 1.165) is 6.07 Å². The van der Waals surface area contributed by atoms with Crippen molar-refractivity contribution in [1.29, 1.82) is 0 Å². The molecule has 0 heterocycles. The highest BCUT2D eigenvalue weighted by Gasteiger charge is 2.21. The third-order valence-corrected chi connectivity index (χ3v) is 5.45. The largest absolute Gasteiger partial charge is 0.478 e. The molecule has 4 N–H and O–H groups in total. The summed E-state index contributed by atoms with van der Waals surface area (Å²) in [6, 6.07) is 2.45. The van der Waals surface area contributed by atoms with Gasteiger partial charge in [-0.1, -0.05) is 0 Å². The molecule has 0 bridgehead atoms. The highest BCUT2D eigenvalue weighted by atomic mass is 79.9. The Labute approximate surface area is 130 Å². The number of carbonyl (C=O) groups excluding carboxylic acids is 1. The number of aryl methyl sites for hydroxylation is 1. The fraction of sp³-hybridized carbons (Fsp3) is 0.333. The average Bonchev–Trinajstić information content (AvgIpc) is 2.37. The summed E-state index contributed by atoms with van der Waals surface area (Å²) in [5.74, 6) is -1.73. The fourth-order valence-electron chi connectivity index (χ4n) is 1.60. The molecule has 0 aliphatic carbocycles. The second-order valence-electron chi connectivity index (χ2n) is 4.38. The first-order valence-electron chi connectivity index (χ1n) is 5.96. The molecule has 1 aromatic rings. The van der Waals surface area contributed by atoms with Crippen LogP contribution in [0.3, 0.4) is 0 Å². The molecule has 21 heavy (non-hydrogen) atoms. The predicted molar refractivity (Wildman–Crippen MR) is 79.5 cm³/mol. The van der Waals surface area contributed by atoms with Gasteiger partial charge in [0.1, 0.15) is 0 Å². The van der Waals surface area contributed by atoms with Crippen LogP contribution in [0.5, 0.6) is 0 Å².